The molecule has 0 unspecified atom stereocenters. The molecule has 0 radical (unpaired) electrons. The van der Waals surface area contributed by atoms with Crippen molar-refractivity contribution < 1.29 is 14.4 Å². The van der Waals surface area contributed by atoms with Gasteiger partial charge in [-0.1, -0.05) is 12.2 Å². The maximum Gasteiger partial charge on any atom is 0.307 e. The van der Waals surface area contributed by atoms with Crippen LogP contribution in [0.25, 0.3) is 0 Å². The lowest BCUT2D eigenvalue weighted by atomic mass is 9.83. The first-order valence-electron chi connectivity index (χ1n) is 7.30. The van der Waals surface area contributed by atoms with Gasteiger partial charge in [0.2, 0.25) is 5.89 Å². The quantitative estimate of drug-likeness (QED) is 0.831. The molecule has 0 saturated carbocycles. The van der Waals surface area contributed by atoms with E-state index in [0.717, 1.165) is 26.2 Å². The van der Waals surface area contributed by atoms with Gasteiger partial charge in [0.25, 0.3) is 5.95 Å². The van der Waals surface area contributed by atoms with Gasteiger partial charge >= 0.3 is 5.97 Å². The van der Waals surface area contributed by atoms with E-state index in [0.29, 0.717) is 24.7 Å². The molecule has 1 aliphatic heterocycles. The summed E-state index contributed by atoms with van der Waals surface area (Å²) in [5.74, 6) is -0.474. The standard InChI is InChI=1S/C14H20N4O3/c1-17-6-8-18(9-7-17)14-15-12(21-16-14)10-4-2-3-5-11(10)13(19)20/h2-3,10-11H,4-9H2,1H3,(H,19,20)/t10-,11+/m1/s1. The van der Waals surface area contributed by atoms with Gasteiger partial charge in [0.05, 0.1) is 11.8 Å². The molecule has 21 heavy (non-hydrogen) atoms. The number of hydrogen-bond donors (Lipinski definition) is 1. The van der Waals surface area contributed by atoms with Crippen LogP contribution in [0.1, 0.15) is 24.7 Å². The molecule has 2 aliphatic rings. The van der Waals surface area contributed by atoms with Gasteiger partial charge in [-0.2, -0.15) is 4.98 Å². The first-order valence-corrected chi connectivity index (χ1v) is 7.30. The molecule has 7 heteroatoms. The molecule has 114 valence electrons. The fraction of sp³-hybridized carbons (Fsp3) is 0.643. The molecule has 1 fully saturated rings. The molecular formula is C14H20N4O3. The van der Waals surface area contributed by atoms with E-state index in [1.165, 1.54) is 0 Å². The molecular weight excluding hydrogens is 272 g/mol. The molecule has 2 heterocycles. The van der Waals surface area contributed by atoms with Crippen molar-refractivity contribution in [2.24, 2.45) is 5.92 Å². The summed E-state index contributed by atoms with van der Waals surface area (Å²) in [4.78, 5) is 20.1. The zero-order valence-corrected chi connectivity index (χ0v) is 12.1. The van der Waals surface area contributed by atoms with Gasteiger partial charge in [0.1, 0.15) is 0 Å². The molecule has 0 spiro atoms. The third-order valence-electron chi connectivity index (χ3n) is 4.28. The molecule has 7 nitrogen and oxygen atoms in total. The number of carboxylic acid groups (broad SMARTS) is 1. The van der Waals surface area contributed by atoms with Crippen molar-refractivity contribution in [3.63, 3.8) is 0 Å². The molecule has 0 aromatic carbocycles. The largest absolute Gasteiger partial charge is 0.481 e. The van der Waals surface area contributed by atoms with E-state index in [9.17, 15) is 9.90 Å². The Hall–Kier alpha value is -1.89. The number of anilines is 1. The number of piperazine rings is 1. The predicted molar refractivity (Wildman–Crippen MR) is 76.2 cm³/mol. The maximum atomic E-state index is 11.3. The average molecular weight is 292 g/mol. The minimum absolute atomic E-state index is 0.221. The number of aromatic nitrogens is 2. The van der Waals surface area contributed by atoms with Crippen molar-refractivity contribution in [2.45, 2.75) is 18.8 Å². The van der Waals surface area contributed by atoms with Crippen LogP contribution < -0.4 is 4.90 Å². The van der Waals surface area contributed by atoms with Crippen molar-refractivity contribution in [2.75, 3.05) is 38.1 Å². The number of rotatable bonds is 3. The molecule has 1 aliphatic carbocycles. The molecule has 2 atom stereocenters. The van der Waals surface area contributed by atoms with E-state index in [1.807, 2.05) is 12.2 Å². The van der Waals surface area contributed by atoms with Crippen molar-refractivity contribution in [1.29, 1.82) is 0 Å². The van der Waals surface area contributed by atoms with Crippen LogP contribution >= 0.6 is 0 Å². The predicted octanol–water partition coefficient (Wildman–Crippen LogP) is 0.956. The van der Waals surface area contributed by atoms with Crippen molar-refractivity contribution >= 4 is 11.9 Å². The number of allylic oxidation sites excluding steroid dienone is 2. The Kier molecular flexibility index (Phi) is 3.92. The van der Waals surface area contributed by atoms with E-state index in [-0.39, 0.29) is 5.92 Å². The van der Waals surface area contributed by atoms with Gasteiger partial charge in [-0.25, -0.2) is 0 Å². The second-order valence-corrected chi connectivity index (χ2v) is 5.72. The Morgan fingerprint density at radius 1 is 1.29 bits per heavy atom. The zero-order chi connectivity index (χ0) is 14.8. The van der Waals surface area contributed by atoms with Gasteiger partial charge < -0.3 is 19.4 Å². The molecule has 1 N–H and O–H groups in total. The monoisotopic (exact) mass is 292 g/mol. The van der Waals surface area contributed by atoms with Crippen LogP contribution in [-0.2, 0) is 4.79 Å². The topological polar surface area (TPSA) is 82.7 Å². The molecule has 1 aromatic heterocycles. The highest BCUT2D eigenvalue weighted by atomic mass is 16.5. The number of carbonyl (C=O) groups is 1. The minimum atomic E-state index is -0.802. The van der Waals surface area contributed by atoms with E-state index in [2.05, 4.69) is 27.0 Å². The first-order chi connectivity index (χ1) is 10.1. The minimum Gasteiger partial charge on any atom is -0.481 e. The molecule has 1 saturated heterocycles. The van der Waals surface area contributed by atoms with E-state index >= 15 is 0 Å². The summed E-state index contributed by atoms with van der Waals surface area (Å²) in [6.45, 7) is 3.66. The highest BCUT2D eigenvalue weighted by molar-refractivity contribution is 5.71. The highest BCUT2D eigenvalue weighted by Crippen LogP contribution is 2.34. The van der Waals surface area contributed by atoms with Crippen LogP contribution in [0.3, 0.4) is 0 Å². The summed E-state index contributed by atoms with van der Waals surface area (Å²) in [6, 6.07) is 0. The van der Waals surface area contributed by atoms with Crippen LogP contribution in [0.15, 0.2) is 16.7 Å². The Morgan fingerprint density at radius 3 is 2.71 bits per heavy atom. The Morgan fingerprint density at radius 2 is 2.00 bits per heavy atom. The van der Waals surface area contributed by atoms with Crippen LogP contribution in [0, 0.1) is 5.92 Å². The Bertz CT molecular complexity index is 534. The van der Waals surface area contributed by atoms with Crippen LogP contribution in [0.4, 0.5) is 5.95 Å². The van der Waals surface area contributed by atoms with E-state index in [4.69, 9.17) is 4.52 Å². The SMILES string of the molecule is CN1CCN(c2noc([C@@H]3CC=CC[C@@H]3C(=O)O)n2)CC1. The lowest BCUT2D eigenvalue weighted by Crippen LogP contribution is -2.44. The lowest BCUT2D eigenvalue weighted by molar-refractivity contribution is -0.142. The summed E-state index contributed by atoms with van der Waals surface area (Å²) in [7, 11) is 2.09. The van der Waals surface area contributed by atoms with Gasteiger partial charge in [-0.05, 0) is 25.0 Å². The molecule has 0 bridgehead atoms. The summed E-state index contributed by atoms with van der Waals surface area (Å²) >= 11 is 0. The number of aliphatic carboxylic acids is 1. The molecule has 0 amide bonds. The highest BCUT2D eigenvalue weighted by Gasteiger charge is 2.34. The van der Waals surface area contributed by atoms with Crippen LogP contribution in [0.5, 0.6) is 0 Å². The van der Waals surface area contributed by atoms with Gasteiger partial charge in [0, 0.05) is 26.2 Å². The van der Waals surface area contributed by atoms with Crippen LogP contribution in [-0.4, -0.2) is 59.3 Å². The molecule has 1 aromatic rings. The van der Waals surface area contributed by atoms with Gasteiger partial charge in [-0.3, -0.25) is 4.79 Å². The number of nitrogens with zero attached hydrogens (tertiary/aromatic N) is 4. The van der Waals surface area contributed by atoms with Crippen molar-refractivity contribution in [3.8, 4) is 0 Å². The van der Waals surface area contributed by atoms with E-state index in [1.54, 1.807) is 0 Å². The lowest BCUT2D eigenvalue weighted by Gasteiger charge is -2.31. The van der Waals surface area contributed by atoms with Crippen LogP contribution in [0.2, 0.25) is 0 Å². The summed E-state index contributed by atoms with van der Waals surface area (Å²) in [6.07, 6.45) is 5.06. The second-order valence-electron chi connectivity index (χ2n) is 5.72. The Labute approximate surface area is 123 Å². The fourth-order valence-corrected chi connectivity index (χ4v) is 2.87. The van der Waals surface area contributed by atoms with Crippen molar-refractivity contribution in [3.05, 3.63) is 18.0 Å². The summed E-state index contributed by atoms with van der Waals surface area (Å²) < 4.78 is 5.35. The summed E-state index contributed by atoms with van der Waals surface area (Å²) in [5, 5.41) is 13.4. The summed E-state index contributed by atoms with van der Waals surface area (Å²) in [5.41, 5.74) is 0. The number of hydrogen-bond acceptors (Lipinski definition) is 6. The zero-order valence-electron chi connectivity index (χ0n) is 12.1. The molecule has 3 rings (SSSR count). The maximum absolute atomic E-state index is 11.3. The Balaban J connectivity index is 1.75. The van der Waals surface area contributed by atoms with Gasteiger partial charge in [-0.15, -0.1) is 0 Å². The third-order valence-corrected chi connectivity index (χ3v) is 4.28. The first kappa shape index (κ1) is 14.1. The van der Waals surface area contributed by atoms with Crippen molar-refractivity contribution in [1.82, 2.24) is 15.0 Å². The normalized spacial score (nSPS) is 27.0. The van der Waals surface area contributed by atoms with Gasteiger partial charge in [0.15, 0.2) is 0 Å². The van der Waals surface area contributed by atoms with E-state index < -0.39 is 11.9 Å². The number of carboxylic acids is 1. The number of likely N-dealkylation sites (N-methyl/N-ethyl adjacent to an activating group) is 1. The average Bonchev–Trinajstić information content (AvgIpc) is 2.97. The fourth-order valence-electron chi connectivity index (χ4n) is 2.87. The second kappa shape index (κ2) is 5.85. The smallest absolute Gasteiger partial charge is 0.307 e. The third kappa shape index (κ3) is 2.92.